The third-order valence-electron chi connectivity index (χ3n) is 4.03. The fraction of sp³-hybridized carbons (Fsp3) is 0.538. The Morgan fingerprint density at radius 3 is 1.00 bits per heavy atom. The summed E-state index contributed by atoms with van der Waals surface area (Å²) in [5.41, 5.74) is 2.90. The number of hydrogen-bond acceptors (Lipinski definition) is 0. The third kappa shape index (κ3) is 53.4. The SMILES string of the molecule is C.C.CC.CCC(C)c1ccccc1.CCC(C)c1ccccc1.ClCCCl.II.I[I-]I.[Cl][Sb]([Cl])[Cl]. The summed E-state index contributed by atoms with van der Waals surface area (Å²) in [6.45, 7) is 13.0. The topological polar surface area (TPSA) is 0 Å². The van der Waals surface area contributed by atoms with Gasteiger partial charge >= 0.3 is 93.8 Å². The molecule has 2 aromatic carbocycles. The Kier molecular flexibility index (Phi) is 81.7. The molecule has 2 unspecified atom stereocenters. The van der Waals surface area contributed by atoms with E-state index in [1.54, 1.807) is 0 Å². The second kappa shape index (κ2) is 53.0. The molecule has 0 aliphatic heterocycles. The maximum atomic E-state index is 5.05. The zero-order chi connectivity index (χ0) is 28.5. The molecule has 0 aromatic heterocycles. The number of rotatable bonds is 5. The molecular weight excluding hydrogens is 1250 g/mol. The van der Waals surface area contributed by atoms with Crippen LogP contribution in [0.15, 0.2) is 60.7 Å². The van der Waals surface area contributed by atoms with Gasteiger partial charge in [0.1, 0.15) is 0 Å². The van der Waals surface area contributed by atoms with Gasteiger partial charge in [0.2, 0.25) is 0 Å². The molecule has 0 spiro atoms. The van der Waals surface area contributed by atoms with E-state index in [1.165, 1.54) is 24.0 Å². The van der Waals surface area contributed by atoms with E-state index < -0.39 is 16.8 Å². The second-order valence-electron chi connectivity index (χ2n) is 6.06. The quantitative estimate of drug-likeness (QED) is 0.159. The van der Waals surface area contributed by atoms with Gasteiger partial charge < -0.3 is 0 Å². The molecule has 0 aliphatic rings. The van der Waals surface area contributed by atoms with Crippen LogP contribution >= 0.6 is 124 Å². The number of halogens is 10. The molecule has 0 aliphatic carbocycles. The molecular formula is C26H46Cl5I5Sb-. The fourth-order valence-corrected chi connectivity index (χ4v) is 2.03. The van der Waals surface area contributed by atoms with E-state index in [2.05, 4.69) is 163 Å². The third-order valence-corrected chi connectivity index (χ3v) is 4.60. The van der Waals surface area contributed by atoms with Gasteiger partial charge in [-0.3, -0.25) is 0 Å². The minimum absolute atomic E-state index is 0. The summed E-state index contributed by atoms with van der Waals surface area (Å²) in [4.78, 5) is 0. The Bertz CT molecular complexity index is 524. The molecule has 0 fully saturated rings. The summed E-state index contributed by atoms with van der Waals surface area (Å²) >= 11 is 17.6. The zero-order valence-corrected chi connectivity index (χ0v) is 38.1. The zero-order valence-electron chi connectivity index (χ0n) is 21.0. The molecule has 2 aromatic rings. The van der Waals surface area contributed by atoms with Crippen LogP contribution in [0.4, 0.5) is 0 Å². The van der Waals surface area contributed by atoms with Crippen molar-refractivity contribution < 1.29 is 13.3 Å². The van der Waals surface area contributed by atoms with E-state index in [4.69, 9.17) is 49.7 Å². The Labute approximate surface area is 312 Å². The van der Waals surface area contributed by atoms with Crippen molar-refractivity contribution in [2.75, 3.05) is 11.8 Å². The molecule has 0 radical (unpaired) electrons. The van der Waals surface area contributed by atoms with Crippen LogP contribution in [0.5, 0.6) is 0 Å². The number of benzene rings is 2. The van der Waals surface area contributed by atoms with Gasteiger partial charge in [0, 0.05) is 49.0 Å². The monoisotopic (exact) mass is 1290 g/mol. The Balaban J connectivity index is -0.0000000623. The molecule has 11 heteroatoms. The van der Waals surface area contributed by atoms with Crippen LogP contribution in [0.3, 0.4) is 0 Å². The van der Waals surface area contributed by atoms with Crippen molar-refractivity contribution in [2.45, 2.75) is 81.1 Å². The molecule has 226 valence electrons. The van der Waals surface area contributed by atoms with Crippen LogP contribution in [-0.2, 0) is 0 Å². The van der Waals surface area contributed by atoms with E-state index in [9.17, 15) is 0 Å². The summed E-state index contributed by atoms with van der Waals surface area (Å²) in [6.07, 6.45) is 2.45. The molecule has 0 bridgehead atoms. The Morgan fingerprint density at radius 2 is 0.865 bits per heavy atom. The normalized spacial score (nSPS) is 9.73. The van der Waals surface area contributed by atoms with Crippen molar-refractivity contribution in [2.24, 2.45) is 0 Å². The summed E-state index contributed by atoms with van der Waals surface area (Å²) in [7, 11) is 15.0. The van der Waals surface area contributed by atoms with Crippen molar-refractivity contribution in [3.8, 4) is 0 Å². The van der Waals surface area contributed by atoms with Gasteiger partial charge in [0.15, 0.2) is 0 Å². The second-order valence-corrected chi connectivity index (χ2v) is 34.4. The standard InChI is InChI=1S/2C10H14.C2H4Cl2.C2H6.2CH4.3ClH.I3.I2.Sb/c2*1-3-9(2)10-7-5-4-6-8-10;3-1-2-4;1-2;;;;;;1-3-2;1-2;/h2*4-9H,3H2,1-2H3;1-2H2;1-2H3;2*1H4;3*1H;;;/q;;;;;;;;;-1;;+3/p-3. The average Bonchev–Trinajstić information content (AvgIpc) is 2.91. The van der Waals surface area contributed by atoms with Crippen molar-refractivity contribution in [3.05, 3.63) is 71.8 Å². The van der Waals surface area contributed by atoms with E-state index in [-0.39, 0.29) is 14.9 Å². The van der Waals surface area contributed by atoms with Gasteiger partial charge in [0.25, 0.3) is 0 Å². The van der Waals surface area contributed by atoms with Crippen LogP contribution in [0.2, 0.25) is 0 Å². The summed E-state index contributed by atoms with van der Waals surface area (Å²) in [5, 5.41) is 0. The summed E-state index contributed by atoms with van der Waals surface area (Å²) in [6, 6.07) is 21.3. The van der Waals surface area contributed by atoms with E-state index >= 15 is 0 Å². The molecule has 0 N–H and O–H groups in total. The van der Waals surface area contributed by atoms with E-state index in [0.717, 1.165) is 0 Å². The van der Waals surface area contributed by atoms with Gasteiger partial charge in [-0.05, 0) is 35.8 Å². The average molecular weight is 1290 g/mol. The molecule has 0 heterocycles. The fourth-order valence-electron chi connectivity index (χ4n) is 2.03. The van der Waals surface area contributed by atoms with Crippen molar-refractivity contribution in [1.82, 2.24) is 0 Å². The molecule has 0 amide bonds. The molecule has 0 saturated heterocycles. The van der Waals surface area contributed by atoms with Gasteiger partial charge in [-0.25, -0.2) is 0 Å². The van der Waals surface area contributed by atoms with Crippen LogP contribution in [0.1, 0.15) is 92.2 Å². The van der Waals surface area contributed by atoms with Crippen molar-refractivity contribution >= 4 is 141 Å². The van der Waals surface area contributed by atoms with Crippen LogP contribution in [-0.4, -0.2) is 28.5 Å². The van der Waals surface area contributed by atoms with Crippen LogP contribution in [0.25, 0.3) is 0 Å². The number of alkyl halides is 2. The van der Waals surface area contributed by atoms with E-state index in [0.29, 0.717) is 36.9 Å². The van der Waals surface area contributed by atoms with Crippen molar-refractivity contribution in [3.63, 3.8) is 0 Å². The molecule has 2 atom stereocenters. The first-order valence-electron chi connectivity index (χ1n) is 10.8. The maximum absolute atomic E-state index is 5.05. The Hall–Kier alpha value is 4.36. The Morgan fingerprint density at radius 1 is 0.676 bits per heavy atom. The number of hydrogen-bond donors (Lipinski definition) is 0. The molecule has 37 heavy (non-hydrogen) atoms. The van der Waals surface area contributed by atoms with Gasteiger partial charge in [0.05, 0.1) is 0 Å². The first kappa shape index (κ1) is 57.1. The van der Waals surface area contributed by atoms with Crippen LogP contribution < -0.4 is 13.3 Å². The summed E-state index contributed by atoms with van der Waals surface area (Å²) in [5.74, 6) is 2.53. The summed E-state index contributed by atoms with van der Waals surface area (Å²) < 4.78 is 0. The minimum atomic E-state index is -2.03. The molecule has 2 rings (SSSR count). The predicted octanol–water partition coefficient (Wildman–Crippen LogP) is 12.4. The van der Waals surface area contributed by atoms with Crippen molar-refractivity contribution in [1.29, 1.82) is 0 Å². The van der Waals surface area contributed by atoms with Gasteiger partial charge in [-0.2, -0.15) is 0 Å². The first-order valence-corrected chi connectivity index (χ1v) is 40.4. The molecule has 0 nitrogen and oxygen atoms in total. The first-order chi connectivity index (χ1) is 16.7. The van der Waals surface area contributed by atoms with Gasteiger partial charge in [-0.1, -0.05) is 117 Å². The molecule has 0 saturated carbocycles. The predicted molar refractivity (Wildman–Crippen MR) is 216 cm³/mol. The van der Waals surface area contributed by atoms with E-state index in [1.807, 2.05) is 13.8 Å². The van der Waals surface area contributed by atoms with Gasteiger partial charge in [-0.15, -0.1) is 23.2 Å². The van der Waals surface area contributed by atoms with Crippen LogP contribution in [0, 0.1) is 0 Å².